The number of fused-ring (bicyclic) bond motifs is 1. The monoisotopic (exact) mass is 231 g/mol. The van der Waals surface area contributed by atoms with E-state index in [0.29, 0.717) is 0 Å². The van der Waals surface area contributed by atoms with Crippen LogP contribution in [0.2, 0.25) is 0 Å². The van der Waals surface area contributed by atoms with Gasteiger partial charge in [-0.15, -0.1) is 0 Å². The lowest BCUT2D eigenvalue weighted by atomic mass is 10.0. The summed E-state index contributed by atoms with van der Waals surface area (Å²) in [7, 11) is 0. The SMILES string of the molecule is C#N.c1ccc(-c2ccc3ccccc3c2)cc1. The summed E-state index contributed by atoms with van der Waals surface area (Å²) >= 11 is 0. The maximum atomic E-state index is 6.50. The van der Waals surface area contributed by atoms with Gasteiger partial charge >= 0.3 is 0 Å². The van der Waals surface area contributed by atoms with Crippen molar-refractivity contribution in [3.8, 4) is 17.7 Å². The molecule has 0 aromatic heterocycles. The molecule has 0 fully saturated rings. The van der Waals surface area contributed by atoms with Gasteiger partial charge in [0.05, 0.1) is 0 Å². The molecular formula is C17H13N. The summed E-state index contributed by atoms with van der Waals surface area (Å²) in [5.74, 6) is 0. The van der Waals surface area contributed by atoms with Gasteiger partial charge in [0.1, 0.15) is 0 Å². The molecule has 1 nitrogen and oxygen atoms in total. The van der Waals surface area contributed by atoms with Crippen molar-refractivity contribution in [2.45, 2.75) is 0 Å². The van der Waals surface area contributed by atoms with Crippen LogP contribution in [0.1, 0.15) is 0 Å². The molecule has 18 heavy (non-hydrogen) atoms. The van der Waals surface area contributed by atoms with Crippen molar-refractivity contribution in [3.63, 3.8) is 0 Å². The summed E-state index contributed by atoms with van der Waals surface area (Å²) < 4.78 is 0. The largest absolute Gasteiger partial charge is 0.202 e. The first-order valence-electron chi connectivity index (χ1n) is 5.73. The molecule has 1 heteroatoms. The quantitative estimate of drug-likeness (QED) is 0.598. The fraction of sp³-hybridized carbons (Fsp3) is 0. The minimum absolute atomic E-state index is 1.27. The van der Waals surface area contributed by atoms with Gasteiger partial charge in [-0.2, -0.15) is 0 Å². The Bertz CT molecular complexity index is 654. The topological polar surface area (TPSA) is 23.8 Å². The van der Waals surface area contributed by atoms with Crippen LogP contribution < -0.4 is 0 Å². The first kappa shape index (κ1) is 11.9. The van der Waals surface area contributed by atoms with Crippen LogP contribution >= 0.6 is 0 Å². The van der Waals surface area contributed by atoms with Gasteiger partial charge in [-0.05, 0) is 28.0 Å². The molecule has 3 aromatic carbocycles. The highest BCUT2D eigenvalue weighted by molar-refractivity contribution is 5.87. The van der Waals surface area contributed by atoms with E-state index in [-0.39, 0.29) is 0 Å². The molecule has 3 rings (SSSR count). The smallest absolute Gasteiger partial charge is 0.0462 e. The molecule has 0 amide bonds. The summed E-state index contributed by atoms with van der Waals surface area (Å²) in [4.78, 5) is 0. The highest BCUT2D eigenvalue weighted by Crippen LogP contribution is 2.23. The Hall–Kier alpha value is -2.59. The highest BCUT2D eigenvalue weighted by atomic mass is 14.2. The normalized spacial score (nSPS) is 9.44. The van der Waals surface area contributed by atoms with Crippen LogP contribution in [0.5, 0.6) is 0 Å². The average Bonchev–Trinajstić information content (AvgIpc) is 2.50. The molecule has 0 bridgehead atoms. The van der Waals surface area contributed by atoms with E-state index >= 15 is 0 Å². The number of hydrogen-bond donors (Lipinski definition) is 0. The van der Waals surface area contributed by atoms with Gasteiger partial charge in [-0.25, -0.2) is 5.26 Å². The second-order valence-corrected chi connectivity index (χ2v) is 3.93. The van der Waals surface area contributed by atoms with Crippen LogP contribution in [0.4, 0.5) is 0 Å². The summed E-state index contributed by atoms with van der Waals surface area (Å²) in [5.41, 5.74) is 2.55. The van der Waals surface area contributed by atoms with Gasteiger partial charge in [0.15, 0.2) is 0 Å². The molecule has 0 aliphatic heterocycles. The van der Waals surface area contributed by atoms with Crippen molar-refractivity contribution in [1.82, 2.24) is 0 Å². The molecule has 0 atom stereocenters. The number of nitrogens with zero attached hydrogens (tertiary/aromatic N) is 1. The van der Waals surface area contributed by atoms with Crippen LogP contribution in [0.15, 0.2) is 72.8 Å². The minimum Gasteiger partial charge on any atom is -0.202 e. The van der Waals surface area contributed by atoms with Crippen molar-refractivity contribution < 1.29 is 0 Å². The molecule has 0 heterocycles. The number of nitriles is 1. The Labute approximate surface area is 107 Å². The number of benzene rings is 3. The van der Waals surface area contributed by atoms with E-state index in [1.165, 1.54) is 21.9 Å². The van der Waals surface area contributed by atoms with Crippen molar-refractivity contribution in [1.29, 1.82) is 5.26 Å². The Morgan fingerprint density at radius 3 is 1.89 bits per heavy atom. The molecule has 0 aliphatic carbocycles. The molecule has 0 saturated carbocycles. The third-order valence-electron chi connectivity index (χ3n) is 2.86. The van der Waals surface area contributed by atoms with Crippen LogP contribution in [0.3, 0.4) is 0 Å². The summed E-state index contributed by atoms with van der Waals surface area (Å²) in [6.45, 7) is 3.50. The van der Waals surface area contributed by atoms with Crippen molar-refractivity contribution in [3.05, 3.63) is 72.8 Å². The average molecular weight is 231 g/mol. The number of rotatable bonds is 1. The summed E-state index contributed by atoms with van der Waals surface area (Å²) in [5, 5.41) is 9.09. The Morgan fingerprint density at radius 1 is 0.556 bits per heavy atom. The molecule has 0 unspecified atom stereocenters. The van der Waals surface area contributed by atoms with Gasteiger partial charge in [-0.1, -0.05) is 66.7 Å². The van der Waals surface area contributed by atoms with E-state index in [9.17, 15) is 0 Å². The first-order chi connectivity index (χ1) is 8.93. The Kier molecular flexibility index (Phi) is 3.73. The lowest BCUT2D eigenvalue weighted by Gasteiger charge is -2.03. The molecule has 0 spiro atoms. The molecule has 3 aromatic rings. The molecular weight excluding hydrogens is 218 g/mol. The lowest BCUT2D eigenvalue weighted by Crippen LogP contribution is -1.77. The fourth-order valence-corrected chi connectivity index (χ4v) is 2.00. The highest BCUT2D eigenvalue weighted by Gasteiger charge is 1.97. The lowest BCUT2D eigenvalue weighted by molar-refractivity contribution is 1.58. The van der Waals surface area contributed by atoms with E-state index in [4.69, 9.17) is 5.26 Å². The zero-order chi connectivity index (χ0) is 12.8. The standard InChI is InChI=1S/C16H12.CHN/c1-2-6-13(7-3-1)16-11-10-14-8-4-5-9-15(14)12-16;1-2/h1-12H;1H. The van der Waals surface area contributed by atoms with Gasteiger partial charge < -0.3 is 0 Å². The molecule has 0 radical (unpaired) electrons. The zero-order valence-electron chi connectivity index (χ0n) is 9.95. The van der Waals surface area contributed by atoms with Crippen molar-refractivity contribution in [2.75, 3.05) is 0 Å². The fourth-order valence-electron chi connectivity index (χ4n) is 2.00. The molecule has 0 N–H and O–H groups in total. The molecule has 86 valence electrons. The third-order valence-corrected chi connectivity index (χ3v) is 2.86. The van der Waals surface area contributed by atoms with E-state index in [0.717, 1.165) is 0 Å². The van der Waals surface area contributed by atoms with Crippen molar-refractivity contribution in [2.24, 2.45) is 0 Å². The summed E-state index contributed by atoms with van der Waals surface area (Å²) in [6, 6.07) is 25.5. The first-order valence-corrected chi connectivity index (χ1v) is 5.73. The van der Waals surface area contributed by atoms with Crippen LogP contribution in [0.25, 0.3) is 21.9 Å². The number of hydrogen-bond acceptors (Lipinski definition) is 1. The second-order valence-electron chi connectivity index (χ2n) is 3.93. The zero-order valence-corrected chi connectivity index (χ0v) is 9.95. The van der Waals surface area contributed by atoms with Gasteiger partial charge in [0, 0.05) is 6.57 Å². The molecule has 0 aliphatic rings. The molecule has 0 saturated heterocycles. The van der Waals surface area contributed by atoms with Crippen molar-refractivity contribution >= 4 is 10.8 Å². The maximum absolute atomic E-state index is 6.50. The maximum Gasteiger partial charge on any atom is 0.0462 e. The summed E-state index contributed by atoms with van der Waals surface area (Å²) in [6.07, 6.45) is 0. The van der Waals surface area contributed by atoms with E-state index < -0.39 is 0 Å². The van der Waals surface area contributed by atoms with Gasteiger partial charge in [-0.3, -0.25) is 0 Å². The van der Waals surface area contributed by atoms with Gasteiger partial charge in [0.25, 0.3) is 0 Å². The predicted octanol–water partition coefficient (Wildman–Crippen LogP) is 4.65. The van der Waals surface area contributed by atoms with E-state index in [2.05, 4.69) is 73.3 Å². The second kappa shape index (κ2) is 5.65. The predicted molar refractivity (Wildman–Crippen MR) is 76.1 cm³/mol. The van der Waals surface area contributed by atoms with E-state index in [1.807, 2.05) is 6.07 Å². The van der Waals surface area contributed by atoms with Crippen LogP contribution in [0, 0.1) is 11.8 Å². The Balaban J connectivity index is 0.000000574. The van der Waals surface area contributed by atoms with Crippen LogP contribution in [-0.4, -0.2) is 0 Å². The third kappa shape index (κ3) is 2.39. The van der Waals surface area contributed by atoms with Gasteiger partial charge in [0.2, 0.25) is 0 Å². The van der Waals surface area contributed by atoms with Crippen LogP contribution in [-0.2, 0) is 0 Å². The minimum atomic E-state index is 1.27. The Morgan fingerprint density at radius 2 is 1.17 bits per heavy atom. The van der Waals surface area contributed by atoms with E-state index in [1.54, 1.807) is 0 Å².